The highest BCUT2D eigenvalue weighted by Crippen LogP contribution is 2.46. The van der Waals surface area contributed by atoms with Gasteiger partial charge in [0.15, 0.2) is 0 Å². The van der Waals surface area contributed by atoms with E-state index in [2.05, 4.69) is 10.3 Å². The van der Waals surface area contributed by atoms with Crippen molar-refractivity contribution in [2.24, 2.45) is 11.8 Å². The van der Waals surface area contributed by atoms with Gasteiger partial charge in [-0.25, -0.2) is 0 Å². The molecule has 2 rings (SSSR count). The fourth-order valence-electron chi connectivity index (χ4n) is 2.00. The third-order valence-corrected chi connectivity index (χ3v) is 2.85. The molecular weight excluding hydrogens is 180 g/mol. The van der Waals surface area contributed by atoms with Crippen molar-refractivity contribution < 1.29 is 9.90 Å². The summed E-state index contributed by atoms with van der Waals surface area (Å²) in [5.41, 5.74) is 1.07. The van der Waals surface area contributed by atoms with Crippen molar-refractivity contribution in [3.63, 3.8) is 0 Å². The SMILES string of the molecule is CNC(c1ccc[nH]1)C1CC1C(=O)O. The summed E-state index contributed by atoms with van der Waals surface area (Å²) in [4.78, 5) is 13.8. The van der Waals surface area contributed by atoms with Crippen LogP contribution in [0.5, 0.6) is 0 Å². The van der Waals surface area contributed by atoms with Gasteiger partial charge >= 0.3 is 5.97 Å². The van der Waals surface area contributed by atoms with Gasteiger partial charge in [-0.2, -0.15) is 0 Å². The second kappa shape index (κ2) is 3.46. The first-order chi connectivity index (χ1) is 6.74. The number of aromatic nitrogens is 1. The van der Waals surface area contributed by atoms with E-state index in [9.17, 15) is 4.79 Å². The number of carbonyl (C=O) groups is 1. The maximum Gasteiger partial charge on any atom is 0.306 e. The quantitative estimate of drug-likeness (QED) is 0.669. The largest absolute Gasteiger partial charge is 0.481 e. The summed E-state index contributed by atoms with van der Waals surface area (Å²) < 4.78 is 0. The zero-order valence-electron chi connectivity index (χ0n) is 8.03. The first-order valence-corrected chi connectivity index (χ1v) is 4.77. The van der Waals surface area contributed by atoms with Gasteiger partial charge in [0.2, 0.25) is 0 Å². The Balaban J connectivity index is 2.06. The minimum atomic E-state index is -0.679. The maximum absolute atomic E-state index is 10.7. The summed E-state index contributed by atoms with van der Waals surface area (Å²) in [6.07, 6.45) is 2.64. The molecule has 1 aromatic heterocycles. The molecule has 1 aliphatic carbocycles. The lowest BCUT2D eigenvalue weighted by Gasteiger charge is -2.13. The molecule has 1 heterocycles. The molecule has 1 aliphatic rings. The second-order valence-electron chi connectivity index (χ2n) is 3.74. The topological polar surface area (TPSA) is 65.1 Å². The Kier molecular flexibility index (Phi) is 2.29. The third kappa shape index (κ3) is 1.53. The smallest absolute Gasteiger partial charge is 0.306 e. The van der Waals surface area contributed by atoms with Crippen LogP contribution in [0.2, 0.25) is 0 Å². The summed E-state index contributed by atoms with van der Waals surface area (Å²) >= 11 is 0. The third-order valence-electron chi connectivity index (χ3n) is 2.85. The van der Waals surface area contributed by atoms with E-state index < -0.39 is 5.97 Å². The predicted molar refractivity (Wildman–Crippen MR) is 51.8 cm³/mol. The Morgan fingerprint density at radius 2 is 2.57 bits per heavy atom. The molecule has 0 bridgehead atoms. The van der Waals surface area contributed by atoms with Crippen LogP contribution in [0.1, 0.15) is 18.2 Å². The van der Waals surface area contributed by atoms with Crippen molar-refractivity contribution in [1.82, 2.24) is 10.3 Å². The molecule has 0 radical (unpaired) electrons. The lowest BCUT2D eigenvalue weighted by atomic mass is 10.1. The Morgan fingerprint density at radius 3 is 3.00 bits per heavy atom. The van der Waals surface area contributed by atoms with Gasteiger partial charge in [-0.3, -0.25) is 4.79 Å². The van der Waals surface area contributed by atoms with Crippen molar-refractivity contribution in [3.05, 3.63) is 24.0 Å². The first kappa shape index (κ1) is 9.27. The van der Waals surface area contributed by atoms with Gasteiger partial charge in [-0.1, -0.05) is 0 Å². The number of H-pyrrole nitrogens is 1. The van der Waals surface area contributed by atoms with E-state index in [4.69, 9.17) is 5.11 Å². The number of hydrogen-bond donors (Lipinski definition) is 3. The summed E-state index contributed by atoms with van der Waals surface area (Å²) in [6, 6.07) is 4.06. The molecule has 3 N–H and O–H groups in total. The minimum absolute atomic E-state index is 0.145. The molecule has 1 fully saturated rings. The lowest BCUT2D eigenvalue weighted by molar-refractivity contribution is -0.138. The molecular formula is C10H14N2O2. The zero-order chi connectivity index (χ0) is 10.1. The van der Waals surface area contributed by atoms with E-state index in [1.165, 1.54) is 0 Å². The van der Waals surface area contributed by atoms with Crippen molar-refractivity contribution in [2.45, 2.75) is 12.5 Å². The van der Waals surface area contributed by atoms with Gasteiger partial charge in [0.05, 0.1) is 12.0 Å². The number of aromatic amines is 1. The minimum Gasteiger partial charge on any atom is -0.481 e. The number of carboxylic acid groups (broad SMARTS) is 1. The van der Waals surface area contributed by atoms with Gasteiger partial charge < -0.3 is 15.4 Å². The Labute approximate surface area is 82.3 Å². The van der Waals surface area contributed by atoms with Gasteiger partial charge in [-0.15, -0.1) is 0 Å². The van der Waals surface area contributed by atoms with E-state index >= 15 is 0 Å². The molecule has 76 valence electrons. The molecule has 14 heavy (non-hydrogen) atoms. The number of carboxylic acids is 1. The fourth-order valence-corrected chi connectivity index (χ4v) is 2.00. The number of hydrogen-bond acceptors (Lipinski definition) is 2. The standard InChI is InChI=1S/C10H14N2O2/c1-11-9(8-3-2-4-12-8)6-5-7(6)10(13)14/h2-4,6-7,9,11-12H,5H2,1H3,(H,13,14). The normalized spacial score (nSPS) is 27.2. The highest BCUT2D eigenvalue weighted by Gasteiger charge is 2.48. The molecule has 0 aromatic carbocycles. The van der Waals surface area contributed by atoms with E-state index in [0.717, 1.165) is 12.1 Å². The second-order valence-corrected chi connectivity index (χ2v) is 3.74. The van der Waals surface area contributed by atoms with Crippen LogP contribution in [0.25, 0.3) is 0 Å². The molecule has 1 aromatic rings. The zero-order valence-corrected chi connectivity index (χ0v) is 8.03. The van der Waals surface area contributed by atoms with Crippen molar-refractivity contribution in [1.29, 1.82) is 0 Å². The molecule has 1 saturated carbocycles. The molecule has 0 aliphatic heterocycles. The van der Waals surface area contributed by atoms with Gasteiger partial charge in [0.1, 0.15) is 0 Å². The van der Waals surface area contributed by atoms with Crippen LogP contribution in [-0.2, 0) is 4.79 Å². The van der Waals surface area contributed by atoms with Crippen LogP contribution in [0, 0.1) is 11.8 Å². The van der Waals surface area contributed by atoms with Crippen molar-refractivity contribution in [2.75, 3.05) is 7.05 Å². The molecule has 4 heteroatoms. The number of aliphatic carboxylic acids is 1. The number of rotatable bonds is 4. The van der Waals surface area contributed by atoms with E-state index in [1.807, 2.05) is 25.4 Å². The highest BCUT2D eigenvalue weighted by atomic mass is 16.4. The first-order valence-electron chi connectivity index (χ1n) is 4.77. The van der Waals surface area contributed by atoms with Gasteiger partial charge in [0, 0.05) is 11.9 Å². The lowest BCUT2D eigenvalue weighted by Crippen LogP contribution is -2.20. The summed E-state index contributed by atoms with van der Waals surface area (Å²) in [5, 5.41) is 12.0. The highest BCUT2D eigenvalue weighted by molar-refractivity contribution is 5.73. The predicted octanol–water partition coefficient (Wildman–Crippen LogP) is 0.996. The average Bonchev–Trinajstić information content (AvgIpc) is 2.75. The van der Waals surface area contributed by atoms with E-state index in [1.54, 1.807) is 0 Å². The van der Waals surface area contributed by atoms with Crippen LogP contribution < -0.4 is 5.32 Å². The Bertz CT molecular complexity index is 321. The summed E-state index contributed by atoms with van der Waals surface area (Å²) in [6.45, 7) is 0. The average molecular weight is 194 g/mol. The van der Waals surface area contributed by atoms with E-state index in [0.29, 0.717) is 0 Å². The van der Waals surface area contributed by atoms with Crippen LogP contribution in [-0.4, -0.2) is 23.1 Å². The monoisotopic (exact) mass is 194 g/mol. The summed E-state index contributed by atoms with van der Waals surface area (Å²) in [5.74, 6) is -0.617. The van der Waals surface area contributed by atoms with Crippen LogP contribution in [0.15, 0.2) is 18.3 Å². The van der Waals surface area contributed by atoms with Crippen LogP contribution in [0.4, 0.5) is 0 Å². The van der Waals surface area contributed by atoms with Crippen molar-refractivity contribution in [3.8, 4) is 0 Å². The van der Waals surface area contributed by atoms with Gasteiger partial charge in [0.25, 0.3) is 0 Å². The Morgan fingerprint density at radius 1 is 1.79 bits per heavy atom. The maximum atomic E-state index is 10.7. The Hall–Kier alpha value is -1.29. The van der Waals surface area contributed by atoms with E-state index in [-0.39, 0.29) is 17.9 Å². The van der Waals surface area contributed by atoms with Crippen LogP contribution in [0.3, 0.4) is 0 Å². The molecule has 0 spiro atoms. The molecule has 0 saturated heterocycles. The molecule has 4 nitrogen and oxygen atoms in total. The fraction of sp³-hybridized carbons (Fsp3) is 0.500. The van der Waals surface area contributed by atoms with Crippen molar-refractivity contribution >= 4 is 5.97 Å². The van der Waals surface area contributed by atoms with Gasteiger partial charge in [-0.05, 0) is 31.5 Å². The molecule has 0 amide bonds. The summed E-state index contributed by atoms with van der Waals surface area (Å²) in [7, 11) is 1.86. The molecule has 3 unspecified atom stereocenters. The molecule has 3 atom stereocenters. The number of nitrogens with one attached hydrogen (secondary N) is 2. The van der Waals surface area contributed by atoms with Crippen LogP contribution >= 0.6 is 0 Å².